The lowest BCUT2D eigenvalue weighted by molar-refractivity contribution is 0.247. The quantitative estimate of drug-likeness (QED) is 0.888. The summed E-state index contributed by atoms with van der Waals surface area (Å²) < 4.78 is 5.11. The van der Waals surface area contributed by atoms with E-state index in [1.165, 1.54) is 5.56 Å². The average molecular weight is 325 g/mol. The first-order valence-electron chi connectivity index (χ1n) is 8.21. The molecule has 1 aliphatic heterocycles. The summed E-state index contributed by atoms with van der Waals surface area (Å²) in [7, 11) is 1.62. The Kier molecular flexibility index (Phi) is 5.33. The van der Waals surface area contributed by atoms with Crippen LogP contribution in [-0.4, -0.2) is 37.2 Å². The highest BCUT2D eigenvalue weighted by Gasteiger charge is 2.23. The van der Waals surface area contributed by atoms with Crippen molar-refractivity contribution in [1.82, 2.24) is 10.2 Å². The fourth-order valence-electron chi connectivity index (χ4n) is 2.96. The number of hydrogen-bond donors (Lipinski definition) is 2. The fraction of sp³-hybridized carbons (Fsp3) is 0.316. The predicted molar refractivity (Wildman–Crippen MR) is 95.3 cm³/mol. The summed E-state index contributed by atoms with van der Waals surface area (Å²) in [5.74, 6) is 0.772. The van der Waals surface area contributed by atoms with Crippen molar-refractivity contribution in [3.05, 3.63) is 60.2 Å². The van der Waals surface area contributed by atoms with Gasteiger partial charge < -0.3 is 15.4 Å². The van der Waals surface area contributed by atoms with Crippen LogP contribution in [0.2, 0.25) is 0 Å². The van der Waals surface area contributed by atoms with Gasteiger partial charge in [0.05, 0.1) is 7.11 Å². The maximum Gasteiger partial charge on any atom is 0.319 e. The summed E-state index contributed by atoms with van der Waals surface area (Å²) in [5, 5.41) is 5.91. The number of hydrogen-bond acceptors (Lipinski definition) is 3. The first-order valence-corrected chi connectivity index (χ1v) is 8.21. The van der Waals surface area contributed by atoms with Gasteiger partial charge in [0, 0.05) is 31.4 Å². The lowest BCUT2D eigenvalue weighted by Crippen LogP contribution is -2.39. The second kappa shape index (κ2) is 7.84. The number of methoxy groups -OCH3 is 1. The molecular formula is C19H23N3O2. The number of benzene rings is 2. The number of carbonyl (C=O) groups excluding carboxylic acids is 1. The molecule has 2 amide bonds. The molecule has 3 rings (SSSR count). The molecule has 1 atom stereocenters. The lowest BCUT2D eigenvalue weighted by atomic mass is 10.2. The smallest absolute Gasteiger partial charge is 0.319 e. The molecule has 5 heteroatoms. The SMILES string of the molecule is COc1ccc(NC(=O)N[C@H]2CCN(Cc3ccccc3)C2)cc1. The van der Waals surface area contributed by atoms with Crippen molar-refractivity contribution in [2.45, 2.75) is 19.0 Å². The summed E-state index contributed by atoms with van der Waals surface area (Å²) in [5.41, 5.74) is 2.06. The van der Waals surface area contributed by atoms with Crippen LogP contribution in [-0.2, 0) is 6.54 Å². The molecule has 126 valence electrons. The molecule has 24 heavy (non-hydrogen) atoms. The molecule has 0 aliphatic carbocycles. The highest BCUT2D eigenvalue weighted by molar-refractivity contribution is 5.89. The van der Waals surface area contributed by atoms with E-state index in [1.807, 2.05) is 30.3 Å². The van der Waals surface area contributed by atoms with E-state index in [9.17, 15) is 4.79 Å². The highest BCUT2D eigenvalue weighted by atomic mass is 16.5. The Morgan fingerprint density at radius 1 is 1.17 bits per heavy atom. The van der Waals surface area contributed by atoms with Crippen LogP contribution in [0.5, 0.6) is 5.75 Å². The summed E-state index contributed by atoms with van der Waals surface area (Å²) in [4.78, 5) is 14.5. The third-order valence-electron chi connectivity index (χ3n) is 4.20. The predicted octanol–water partition coefficient (Wildman–Crippen LogP) is 3.09. The molecule has 2 aromatic rings. The van der Waals surface area contributed by atoms with E-state index in [1.54, 1.807) is 7.11 Å². The molecule has 1 aliphatic rings. The number of urea groups is 1. The Morgan fingerprint density at radius 3 is 2.62 bits per heavy atom. The van der Waals surface area contributed by atoms with Crippen molar-refractivity contribution < 1.29 is 9.53 Å². The number of rotatable bonds is 5. The van der Waals surface area contributed by atoms with Gasteiger partial charge in [-0.3, -0.25) is 4.90 Å². The van der Waals surface area contributed by atoms with Gasteiger partial charge in [0.2, 0.25) is 0 Å². The van der Waals surface area contributed by atoms with Crippen LogP contribution in [0, 0.1) is 0 Å². The minimum Gasteiger partial charge on any atom is -0.497 e. The molecule has 2 N–H and O–H groups in total. The molecule has 0 bridgehead atoms. The third-order valence-corrected chi connectivity index (χ3v) is 4.20. The van der Waals surface area contributed by atoms with Gasteiger partial charge in [-0.1, -0.05) is 30.3 Å². The second-order valence-electron chi connectivity index (χ2n) is 6.03. The van der Waals surface area contributed by atoms with Crippen molar-refractivity contribution in [2.24, 2.45) is 0 Å². The van der Waals surface area contributed by atoms with Crippen molar-refractivity contribution in [1.29, 1.82) is 0 Å². The van der Waals surface area contributed by atoms with Gasteiger partial charge in [-0.15, -0.1) is 0 Å². The largest absolute Gasteiger partial charge is 0.497 e. The third kappa shape index (κ3) is 4.49. The zero-order valence-electron chi connectivity index (χ0n) is 13.9. The van der Waals surface area contributed by atoms with E-state index >= 15 is 0 Å². The molecule has 5 nitrogen and oxygen atoms in total. The van der Waals surface area contributed by atoms with Crippen molar-refractivity contribution >= 4 is 11.7 Å². The Bertz CT molecular complexity index is 658. The number of likely N-dealkylation sites (tertiary alicyclic amines) is 1. The fourth-order valence-corrected chi connectivity index (χ4v) is 2.96. The van der Waals surface area contributed by atoms with Crippen molar-refractivity contribution in [3.8, 4) is 5.75 Å². The summed E-state index contributed by atoms with van der Waals surface area (Å²) in [6.07, 6.45) is 0.975. The van der Waals surface area contributed by atoms with Gasteiger partial charge in [0.1, 0.15) is 5.75 Å². The van der Waals surface area contributed by atoms with Crippen LogP contribution in [0.3, 0.4) is 0 Å². The standard InChI is InChI=1S/C19H23N3O2/c1-24-18-9-7-16(8-10-18)20-19(23)21-17-11-12-22(14-17)13-15-5-3-2-4-6-15/h2-10,17H,11-14H2,1H3,(H2,20,21,23)/t17-/m0/s1. The summed E-state index contributed by atoms with van der Waals surface area (Å²) in [6, 6.07) is 17.8. The minimum atomic E-state index is -0.160. The van der Waals surface area contributed by atoms with Crippen molar-refractivity contribution in [2.75, 3.05) is 25.5 Å². The highest BCUT2D eigenvalue weighted by Crippen LogP contribution is 2.16. The van der Waals surface area contributed by atoms with Crippen LogP contribution < -0.4 is 15.4 Å². The first kappa shape index (κ1) is 16.3. The van der Waals surface area contributed by atoms with Gasteiger partial charge in [-0.2, -0.15) is 0 Å². The maximum atomic E-state index is 12.1. The van der Waals surface area contributed by atoms with E-state index in [0.717, 1.165) is 37.5 Å². The van der Waals surface area contributed by atoms with Gasteiger partial charge in [0.25, 0.3) is 0 Å². The Labute approximate surface area is 142 Å². The zero-order valence-corrected chi connectivity index (χ0v) is 13.9. The molecule has 1 heterocycles. The monoisotopic (exact) mass is 325 g/mol. The second-order valence-corrected chi connectivity index (χ2v) is 6.03. The van der Waals surface area contributed by atoms with Gasteiger partial charge in [-0.05, 0) is 36.2 Å². The van der Waals surface area contributed by atoms with Gasteiger partial charge >= 0.3 is 6.03 Å². The summed E-state index contributed by atoms with van der Waals surface area (Å²) >= 11 is 0. The Balaban J connectivity index is 1.45. The van der Waals surface area contributed by atoms with Crippen LogP contribution in [0.1, 0.15) is 12.0 Å². The number of anilines is 1. The molecule has 0 saturated carbocycles. The number of amides is 2. The molecule has 0 unspecified atom stereocenters. The molecule has 1 fully saturated rings. The molecule has 2 aromatic carbocycles. The van der Waals surface area contributed by atoms with Crippen LogP contribution in [0.25, 0.3) is 0 Å². The topological polar surface area (TPSA) is 53.6 Å². The van der Waals surface area contributed by atoms with E-state index in [-0.39, 0.29) is 12.1 Å². The number of ether oxygens (including phenoxy) is 1. The molecular weight excluding hydrogens is 302 g/mol. The average Bonchev–Trinajstić information content (AvgIpc) is 3.03. The van der Waals surface area contributed by atoms with Crippen LogP contribution >= 0.6 is 0 Å². The Morgan fingerprint density at radius 2 is 1.92 bits per heavy atom. The van der Waals surface area contributed by atoms with Gasteiger partial charge in [0.15, 0.2) is 0 Å². The van der Waals surface area contributed by atoms with Crippen LogP contribution in [0.4, 0.5) is 10.5 Å². The van der Waals surface area contributed by atoms with E-state index in [2.05, 4.69) is 39.8 Å². The number of nitrogens with one attached hydrogen (secondary N) is 2. The minimum absolute atomic E-state index is 0.160. The first-order chi connectivity index (χ1) is 11.7. The number of carbonyl (C=O) groups is 1. The van der Waals surface area contributed by atoms with Crippen LogP contribution in [0.15, 0.2) is 54.6 Å². The number of nitrogens with zero attached hydrogens (tertiary/aromatic N) is 1. The van der Waals surface area contributed by atoms with Gasteiger partial charge in [-0.25, -0.2) is 4.79 Å². The molecule has 0 spiro atoms. The molecule has 0 aromatic heterocycles. The maximum absolute atomic E-state index is 12.1. The van der Waals surface area contributed by atoms with Crippen molar-refractivity contribution in [3.63, 3.8) is 0 Å². The molecule has 1 saturated heterocycles. The van der Waals surface area contributed by atoms with E-state index in [4.69, 9.17) is 4.74 Å². The molecule has 0 radical (unpaired) electrons. The normalized spacial score (nSPS) is 17.5. The zero-order chi connectivity index (χ0) is 16.8. The Hall–Kier alpha value is -2.53. The lowest BCUT2D eigenvalue weighted by Gasteiger charge is -2.17. The van der Waals surface area contributed by atoms with E-state index in [0.29, 0.717) is 0 Å². The van der Waals surface area contributed by atoms with E-state index < -0.39 is 0 Å². The summed E-state index contributed by atoms with van der Waals surface area (Å²) in [6.45, 7) is 2.81.